The monoisotopic (exact) mass is 320 g/mol. The van der Waals surface area contributed by atoms with Crippen molar-refractivity contribution in [3.05, 3.63) is 48.6 Å². The SMILES string of the molecule is CCC(O)CC/C=C/C/C=C/C/C=C/C/C=C/CCCC(=O)O. The van der Waals surface area contributed by atoms with Gasteiger partial charge in [0.1, 0.15) is 0 Å². The molecule has 0 saturated heterocycles. The van der Waals surface area contributed by atoms with Gasteiger partial charge in [0.25, 0.3) is 0 Å². The second-order valence-electron chi connectivity index (χ2n) is 5.52. The molecule has 2 N–H and O–H groups in total. The zero-order valence-corrected chi connectivity index (χ0v) is 14.4. The second-order valence-corrected chi connectivity index (χ2v) is 5.52. The number of carbonyl (C=O) groups is 1. The maximum absolute atomic E-state index is 10.3. The maximum atomic E-state index is 10.3. The highest BCUT2D eigenvalue weighted by Crippen LogP contribution is 2.02. The maximum Gasteiger partial charge on any atom is 0.303 e. The second kappa shape index (κ2) is 16.8. The molecule has 0 rings (SSSR count). The summed E-state index contributed by atoms with van der Waals surface area (Å²) < 4.78 is 0. The summed E-state index contributed by atoms with van der Waals surface area (Å²) in [6.07, 6.45) is 24.0. The van der Waals surface area contributed by atoms with E-state index in [1.54, 1.807) is 0 Å². The lowest BCUT2D eigenvalue weighted by Gasteiger charge is -2.03. The van der Waals surface area contributed by atoms with Crippen LogP contribution >= 0.6 is 0 Å². The molecule has 3 heteroatoms. The van der Waals surface area contributed by atoms with E-state index >= 15 is 0 Å². The Hall–Kier alpha value is -1.61. The fourth-order valence-electron chi connectivity index (χ4n) is 1.91. The molecule has 0 saturated carbocycles. The highest BCUT2D eigenvalue weighted by atomic mass is 16.4. The van der Waals surface area contributed by atoms with Gasteiger partial charge in [0, 0.05) is 6.42 Å². The topological polar surface area (TPSA) is 57.5 Å². The number of aliphatic hydroxyl groups is 1. The zero-order valence-electron chi connectivity index (χ0n) is 14.4. The molecule has 0 aromatic carbocycles. The van der Waals surface area contributed by atoms with Crippen molar-refractivity contribution >= 4 is 5.97 Å². The van der Waals surface area contributed by atoms with Crippen LogP contribution in [0.25, 0.3) is 0 Å². The lowest BCUT2D eigenvalue weighted by molar-refractivity contribution is -0.137. The number of hydrogen-bond donors (Lipinski definition) is 2. The van der Waals surface area contributed by atoms with E-state index in [1.807, 2.05) is 13.0 Å². The van der Waals surface area contributed by atoms with Crippen LogP contribution in [0.3, 0.4) is 0 Å². The van der Waals surface area contributed by atoms with E-state index in [-0.39, 0.29) is 12.5 Å². The minimum atomic E-state index is -0.724. The van der Waals surface area contributed by atoms with Gasteiger partial charge in [-0.25, -0.2) is 0 Å². The van der Waals surface area contributed by atoms with Gasteiger partial charge in [0.15, 0.2) is 0 Å². The average Bonchev–Trinajstić information content (AvgIpc) is 2.53. The lowest BCUT2D eigenvalue weighted by Crippen LogP contribution is -2.02. The van der Waals surface area contributed by atoms with E-state index in [9.17, 15) is 9.90 Å². The van der Waals surface area contributed by atoms with Crippen LogP contribution in [0.1, 0.15) is 64.7 Å². The number of hydrogen-bond acceptors (Lipinski definition) is 2. The van der Waals surface area contributed by atoms with Crippen molar-refractivity contribution in [1.82, 2.24) is 0 Å². The van der Waals surface area contributed by atoms with Crippen molar-refractivity contribution in [2.75, 3.05) is 0 Å². The van der Waals surface area contributed by atoms with Gasteiger partial charge in [-0.1, -0.05) is 55.5 Å². The Kier molecular flexibility index (Phi) is 15.6. The Balaban J connectivity index is 3.46. The summed E-state index contributed by atoms with van der Waals surface area (Å²) in [5.74, 6) is -0.724. The molecular formula is C20H32O3. The third-order valence-electron chi connectivity index (χ3n) is 3.38. The first kappa shape index (κ1) is 21.4. The number of carboxylic acids is 1. The first-order chi connectivity index (χ1) is 11.2. The van der Waals surface area contributed by atoms with Gasteiger partial charge < -0.3 is 10.2 Å². The molecule has 0 fully saturated rings. The van der Waals surface area contributed by atoms with Crippen LogP contribution in [0.2, 0.25) is 0 Å². The predicted octanol–water partition coefficient (Wildman–Crippen LogP) is 5.19. The third kappa shape index (κ3) is 18.3. The molecule has 0 amide bonds. The van der Waals surface area contributed by atoms with Gasteiger partial charge in [0.05, 0.1) is 6.10 Å². The average molecular weight is 320 g/mol. The van der Waals surface area contributed by atoms with Gasteiger partial charge in [-0.3, -0.25) is 4.79 Å². The molecule has 0 aliphatic carbocycles. The zero-order chi connectivity index (χ0) is 17.2. The molecule has 3 nitrogen and oxygen atoms in total. The van der Waals surface area contributed by atoms with Crippen LogP contribution in [0.15, 0.2) is 48.6 Å². The smallest absolute Gasteiger partial charge is 0.303 e. The van der Waals surface area contributed by atoms with Crippen molar-refractivity contribution in [2.24, 2.45) is 0 Å². The quantitative estimate of drug-likeness (QED) is 0.342. The van der Waals surface area contributed by atoms with Crippen molar-refractivity contribution < 1.29 is 15.0 Å². The van der Waals surface area contributed by atoms with Crippen LogP contribution in [0.4, 0.5) is 0 Å². The van der Waals surface area contributed by atoms with E-state index in [4.69, 9.17) is 5.11 Å². The first-order valence-corrected chi connectivity index (χ1v) is 8.66. The highest BCUT2D eigenvalue weighted by Gasteiger charge is 1.96. The number of rotatable bonds is 14. The number of aliphatic hydroxyl groups excluding tert-OH is 1. The number of unbranched alkanes of at least 4 members (excludes halogenated alkanes) is 1. The molecule has 0 aliphatic rings. The van der Waals surface area contributed by atoms with Crippen LogP contribution in [0.5, 0.6) is 0 Å². The summed E-state index contributed by atoms with van der Waals surface area (Å²) >= 11 is 0. The Labute approximate surface area is 141 Å². The van der Waals surface area contributed by atoms with Gasteiger partial charge in [-0.2, -0.15) is 0 Å². The van der Waals surface area contributed by atoms with E-state index in [0.717, 1.165) is 44.9 Å². The predicted molar refractivity (Wildman–Crippen MR) is 97.4 cm³/mol. The van der Waals surface area contributed by atoms with Gasteiger partial charge in [-0.15, -0.1) is 0 Å². The highest BCUT2D eigenvalue weighted by molar-refractivity contribution is 5.66. The van der Waals surface area contributed by atoms with Crippen molar-refractivity contribution in [2.45, 2.75) is 70.8 Å². The Morgan fingerprint density at radius 1 is 0.870 bits per heavy atom. The van der Waals surface area contributed by atoms with Crippen molar-refractivity contribution in [3.8, 4) is 0 Å². The van der Waals surface area contributed by atoms with E-state index in [0.29, 0.717) is 6.42 Å². The van der Waals surface area contributed by atoms with E-state index in [2.05, 4.69) is 42.5 Å². The van der Waals surface area contributed by atoms with Crippen LogP contribution in [0, 0.1) is 0 Å². The molecule has 0 radical (unpaired) electrons. The van der Waals surface area contributed by atoms with Crippen LogP contribution in [-0.4, -0.2) is 22.3 Å². The third-order valence-corrected chi connectivity index (χ3v) is 3.38. The fourth-order valence-corrected chi connectivity index (χ4v) is 1.91. The van der Waals surface area contributed by atoms with E-state index in [1.165, 1.54) is 0 Å². The summed E-state index contributed by atoms with van der Waals surface area (Å²) in [5, 5.41) is 17.9. The van der Waals surface area contributed by atoms with Crippen LogP contribution < -0.4 is 0 Å². The van der Waals surface area contributed by atoms with E-state index < -0.39 is 5.97 Å². The first-order valence-electron chi connectivity index (χ1n) is 8.66. The standard InChI is InChI=1S/C20H32O3/c1-2-19(21)17-15-13-11-9-7-5-3-4-6-8-10-12-14-16-18-20(22)23/h4-7,10-13,19,21H,2-3,8-9,14-18H2,1H3,(H,22,23)/b6-4+,7-5+,12-10+,13-11+. The Morgan fingerprint density at radius 3 is 1.83 bits per heavy atom. The van der Waals surface area contributed by atoms with Gasteiger partial charge >= 0.3 is 5.97 Å². The summed E-state index contributed by atoms with van der Waals surface area (Å²) in [6.45, 7) is 2.00. The summed E-state index contributed by atoms with van der Waals surface area (Å²) in [7, 11) is 0. The molecule has 0 heterocycles. The summed E-state index contributed by atoms with van der Waals surface area (Å²) in [5.41, 5.74) is 0. The molecule has 0 spiro atoms. The molecule has 23 heavy (non-hydrogen) atoms. The number of aliphatic carboxylic acids is 1. The Morgan fingerprint density at radius 2 is 1.35 bits per heavy atom. The molecule has 0 aromatic rings. The normalized spacial score (nSPS) is 13.8. The minimum Gasteiger partial charge on any atom is -0.481 e. The molecule has 0 aliphatic heterocycles. The molecular weight excluding hydrogens is 288 g/mol. The van der Waals surface area contributed by atoms with Crippen LogP contribution in [-0.2, 0) is 4.79 Å². The fraction of sp³-hybridized carbons (Fsp3) is 0.550. The molecule has 1 unspecified atom stereocenters. The Bertz CT molecular complexity index is 392. The minimum absolute atomic E-state index is 0.161. The van der Waals surface area contributed by atoms with Gasteiger partial charge in [-0.05, 0) is 51.4 Å². The molecule has 0 aromatic heterocycles. The molecule has 1 atom stereocenters. The molecule has 130 valence electrons. The molecule has 0 bridgehead atoms. The summed E-state index contributed by atoms with van der Waals surface area (Å²) in [6, 6.07) is 0. The van der Waals surface area contributed by atoms with Crippen molar-refractivity contribution in [3.63, 3.8) is 0 Å². The lowest BCUT2D eigenvalue weighted by atomic mass is 10.1. The van der Waals surface area contributed by atoms with Crippen molar-refractivity contribution in [1.29, 1.82) is 0 Å². The summed E-state index contributed by atoms with van der Waals surface area (Å²) in [4.78, 5) is 10.3. The number of carboxylic acid groups (broad SMARTS) is 1. The van der Waals surface area contributed by atoms with Gasteiger partial charge in [0.2, 0.25) is 0 Å². The largest absolute Gasteiger partial charge is 0.481 e. The number of allylic oxidation sites excluding steroid dienone is 8.